The Labute approximate surface area is 143 Å². The van der Waals surface area contributed by atoms with E-state index in [1.165, 1.54) is 0 Å². The molecule has 0 heterocycles. The molecule has 6 heteroatoms. The standard InChI is InChI=1S/C18H26N2O4/c1-4-11-20(12-5-2)17(22)13-16(21)19-15-10-8-7-9-14(15)18(23)24-6-3/h7-10H,4-6,11-13H2,1-3H3,(H,19,21). The Morgan fingerprint density at radius 2 is 1.67 bits per heavy atom. The SMILES string of the molecule is CCCN(CCC)C(=O)CC(=O)Nc1ccccc1C(=O)OCC. The van der Waals surface area contributed by atoms with Crippen LogP contribution in [-0.4, -0.2) is 42.4 Å². The number of hydrogen-bond acceptors (Lipinski definition) is 4. The van der Waals surface area contributed by atoms with E-state index >= 15 is 0 Å². The van der Waals surface area contributed by atoms with E-state index in [9.17, 15) is 14.4 Å². The molecule has 0 bridgehead atoms. The maximum atomic E-state index is 12.2. The lowest BCUT2D eigenvalue weighted by atomic mass is 10.1. The number of esters is 1. The third-order valence-electron chi connectivity index (χ3n) is 3.35. The van der Waals surface area contributed by atoms with Crippen molar-refractivity contribution in [1.29, 1.82) is 0 Å². The van der Waals surface area contributed by atoms with Crippen LogP contribution in [0.1, 0.15) is 50.4 Å². The van der Waals surface area contributed by atoms with Crippen LogP contribution in [-0.2, 0) is 14.3 Å². The Hall–Kier alpha value is -2.37. The number of nitrogens with zero attached hydrogens (tertiary/aromatic N) is 1. The van der Waals surface area contributed by atoms with E-state index in [2.05, 4.69) is 5.32 Å². The van der Waals surface area contributed by atoms with Crippen LogP contribution in [0.5, 0.6) is 0 Å². The summed E-state index contributed by atoms with van der Waals surface area (Å²) < 4.78 is 4.97. The summed E-state index contributed by atoms with van der Waals surface area (Å²) in [4.78, 5) is 38.0. The molecule has 0 unspecified atom stereocenters. The van der Waals surface area contributed by atoms with Crippen LogP contribution < -0.4 is 5.32 Å². The van der Waals surface area contributed by atoms with Gasteiger partial charge in [0, 0.05) is 13.1 Å². The van der Waals surface area contributed by atoms with E-state index in [1.54, 1.807) is 36.1 Å². The van der Waals surface area contributed by atoms with Crippen LogP contribution in [0, 0.1) is 0 Å². The normalized spacial score (nSPS) is 10.1. The molecule has 0 saturated heterocycles. The first-order valence-corrected chi connectivity index (χ1v) is 8.37. The van der Waals surface area contributed by atoms with E-state index in [1.807, 2.05) is 13.8 Å². The van der Waals surface area contributed by atoms with Gasteiger partial charge in [-0.05, 0) is 31.9 Å². The largest absolute Gasteiger partial charge is 0.462 e. The van der Waals surface area contributed by atoms with Gasteiger partial charge in [0.05, 0.1) is 17.9 Å². The van der Waals surface area contributed by atoms with E-state index < -0.39 is 11.9 Å². The summed E-state index contributed by atoms with van der Waals surface area (Å²) in [7, 11) is 0. The van der Waals surface area contributed by atoms with Gasteiger partial charge in [-0.2, -0.15) is 0 Å². The lowest BCUT2D eigenvalue weighted by Gasteiger charge is -2.21. The van der Waals surface area contributed by atoms with Crippen molar-refractivity contribution in [2.75, 3.05) is 25.0 Å². The van der Waals surface area contributed by atoms with Gasteiger partial charge in [-0.25, -0.2) is 4.79 Å². The number of rotatable bonds is 9. The van der Waals surface area contributed by atoms with Gasteiger partial charge >= 0.3 is 5.97 Å². The smallest absolute Gasteiger partial charge is 0.340 e. The highest BCUT2D eigenvalue weighted by Gasteiger charge is 2.18. The van der Waals surface area contributed by atoms with Crippen molar-refractivity contribution in [2.24, 2.45) is 0 Å². The van der Waals surface area contributed by atoms with E-state index in [0.717, 1.165) is 12.8 Å². The lowest BCUT2D eigenvalue weighted by molar-refractivity contribution is -0.134. The van der Waals surface area contributed by atoms with Crippen LogP contribution in [0.2, 0.25) is 0 Å². The predicted molar refractivity (Wildman–Crippen MR) is 92.8 cm³/mol. The topological polar surface area (TPSA) is 75.7 Å². The second kappa shape index (κ2) is 10.4. The average molecular weight is 334 g/mol. The maximum Gasteiger partial charge on any atom is 0.340 e. The monoisotopic (exact) mass is 334 g/mol. The second-order valence-electron chi connectivity index (χ2n) is 5.37. The summed E-state index contributed by atoms with van der Waals surface area (Å²) in [6.07, 6.45) is 1.45. The molecule has 0 aromatic heterocycles. The van der Waals surface area contributed by atoms with Gasteiger partial charge in [-0.3, -0.25) is 9.59 Å². The third-order valence-corrected chi connectivity index (χ3v) is 3.35. The van der Waals surface area contributed by atoms with Crippen molar-refractivity contribution in [3.05, 3.63) is 29.8 Å². The van der Waals surface area contributed by atoms with Crippen molar-refractivity contribution in [3.63, 3.8) is 0 Å². The summed E-state index contributed by atoms with van der Waals surface area (Å²) in [6.45, 7) is 7.23. The van der Waals surface area contributed by atoms with Crippen LogP contribution in [0.3, 0.4) is 0 Å². The predicted octanol–water partition coefficient (Wildman–Crippen LogP) is 2.84. The summed E-state index contributed by atoms with van der Waals surface area (Å²) in [5, 5.41) is 2.63. The zero-order valence-electron chi connectivity index (χ0n) is 14.6. The van der Waals surface area contributed by atoms with E-state index in [-0.39, 0.29) is 24.5 Å². The average Bonchev–Trinajstić information content (AvgIpc) is 2.55. The first kappa shape index (κ1) is 19.7. The number of anilines is 1. The van der Waals surface area contributed by atoms with Gasteiger partial charge < -0.3 is 15.0 Å². The van der Waals surface area contributed by atoms with Gasteiger partial charge in [0.2, 0.25) is 11.8 Å². The summed E-state index contributed by atoms with van der Waals surface area (Å²) in [5.41, 5.74) is 0.630. The van der Waals surface area contributed by atoms with Crippen molar-refractivity contribution in [2.45, 2.75) is 40.0 Å². The number of nitrogens with one attached hydrogen (secondary N) is 1. The molecular weight excluding hydrogens is 308 g/mol. The van der Waals surface area contributed by atoms with Gasteiger partial charge in [-0.1, -0.05) is 26.0 Å². The van der Waals surface area contributed by atoms with E-state index in [4.69, 9.17) is 4.74 Å². The number of ether oxygens (including phenoxy) is 1. The molecule has 0 saturated carbocycles. The van der Waals surface area contributed by atoms with Crippen LogP contribution in [0.15, 0.2) is 24.3 Å². The molecule has 132 valence electrons. The van der Waals surface area contributed by atoms with Crippen LogP contribution in [0.25, 0.3) is 0 Å². The first-order chi connectivity index (χ1) is 11.5. The van der Waals surface area contributed by atoms with Gasteiger partial charge in [-0.15, -0.1) is 0 Å². The minimum Gasteiger partial charge on any atom is -0.462 e. The van der Waals surface area contributed by atoms with Crippen LogP contribution in [0.4, 0.5) is 5.69 Å². The highest BCUT2D eigenvalue weighted by molar-refractivity contribution is 6.06. The van der Waals surface area contributed by atoms with Crippen molar-refractivity contribution >= 4 is 23.5 Å². The summed E-state index contributed by atoms with van der Waals surface area (Å²) >= 11 is 0. The molecule has 1 N–H and O–H groups in total. The number of benzene rings is 1. The number of carbonyl (C=O) groups is 3. The van der Waals surface area contributed by atoms with Crippen molar-refractivity contribution in [3.8, 4) is 0 Å². The van der Waals surface area contributed by atoms with Crippen LogP contribution >= 0.6 is 0 Å². The highest BCUT2D eigenvalue weighted by Crippen LogP contribution is 2.16. The minimum absolute atomic E-state index is 0.204. The first-order valence-electron chi connectivity index (χ1n) is 8.37. The number of hydrogen-bond donors (Lipinski definition) is 1. The highest BCUT2D eigenvalue weighted by atomic mass is 16.5. The molecule has 1 rings (SSSR count). The maximum absolute atomic E-state index is 12.2. The fraction of sp³-hybridized carbons (Fsp3) is 0.500. The number of para-hydroxylation sites is 1. The van der Waals surface area contributed by atoms with Crippen molar-refractivity contribution < 1.29 is 19.1 Å². The second-order valence-corrected chi connectivity index (χ2v) is 5.37. The molecule has 1 aromatic carbocycles. The Balaban J connectivity index is 2.74. The zero-order chi connectivity index (χ0) is 17.9. The minimum atomic E-state index is -0.502. The number of amides is 2. The molecule has 0 radical (unpaired) electrons. The fourth-order valence-electron chi connectivity index (χ4n) is 2.32. The van der Waals surface area contributed by atoms with E-state index in [0.29, 0.717) is 18.8 Å². The fourth-order valence-corrected chi connectivity index (χ4v) is 2.32. The van der Waals surface area contributed by atoms with Crippen molar-refractivity contribution in [1.82, 2.24) is 4.90 Å². The molecule has 0 aliphatic carbocycles. The molecule has 24 heavy (non-hydrogen) atoms. The molecule has 1 aromatic rings. The molecule has 2 amide bonds. The summed E-state index contributed by atoms with van der Waals surface area (Å²) in [6, 6.07) is 6.60. The molecule has 6 nitrogen and oxygen atoms in total. The Kier molecular flexibility index (Phi) is 8.54. The van der Waals surface area contributed by atoms with Gasteiger partial charge in [0.1, 0.15) is 6.42 Å². The lowest BCUT2D eigenvalue weighted by Crippen LogP contribution is -2.35. The molecule has 0 aliphatic heterocycles. The number of carbonyl (C=O) groups excluding carboxylic acids is 3. The van der Waals surface area contributed by atoms with Gasteiger partial charge in [0.15, 0.2) is 0 Å². The third kappa shape index (κ3) is 6.02. The Morgan fingerprint density at radius 1 is 1.04 bits per heavy atom. The molecule has 0 aliphatic rings. The molecule has 0 atom stereocenters. The van der Waals surface area contributed by atoms with Gasteiger partial charge in [0.25, 0.3) is 0 Å². The zero-order valence-corrected chi connectivity index (χ0v) is 14.6. The summed E-state index contributed by atoms with van der Waals surface area (Å²) in [5.74, 6) is -1.14. The quantitative estimate of drug-likeness (QED) is 0.556. The molecule has 0 fully saturated rings. The Morgan fingerprint density at radius 3 is 2.25 bits per heavy atom. The Bertz CT molecular complexity index is 566. The molecule has 0 spiro atoms. The molecular formula is C18H26N2O4.